The summed E-state index contributed by atoms with van der Waals surface area (Å²) >= 11 is 8.11. The van der Waals surface area contributed by atoms with Crippen LogP contribution in [0.15, 0.2) is 52.4 Å². The SMILES string of the molecule is COc1ccc(CN(Sc2cc(C(F)(F)F)c(Cl)cn2)c2cscn2)cc1. The summed E-state index contributed by atoms with van der Waals surface area (Å²) in [6, 6.07) is 8.35. The minimum Gasteiger partial charge on any atom is -0.497 e. The maximum Gasteiger partial charge on any atom is 0.417 e. The fourth-order valence-electron chi connectivity index (χ4n) is 2.19. The Morgan fingerprint density at radius 1 is 1.22 bits per heavy atom. The van der Waals surface area contributed by atoms with Crippen molar-refractivity contribution >= 4 is 40.7 Å². The molecule has 3 rings (SSSR count). The smallest absolute Gasteiger partial charge is 0.417 e. The number of pyridine rings is 1. The van der Waals surface area contributed by atoms with Gasteiger partial charge in [-0.25, -0.2) is 9.97 Å². The molecule has 0 aliphatic heterocycles. The fraction of sp³-hybridized carbons (Fsp3) is 0.176. The average molecular weight is 432 g/mol. The molecule has 0 atom stereocenters. The lowest BCUT2D eigenvalue weighted by molar-refractivity contribution is -0.137. The van der Waals surface area contributed by atoms with Crippen LogP contribution in [0.4, 0.5) is 19.0 Å². The summed E-state index contributed by atoms with van der Waals surface area (Å²) in [5.41, 5.74) is 1.69. The quantitative estimate of drug-likeness (QED) is 0.452. The molecule has 10 heteroatoms. The highest BCUT2D eigenvalue weighted by atomic mass is 35.5. The van der Waals surface area contributed by atoms with Crippen LogP contribution in [0.25, 0.3) is 0 Å². The van der Waals surface area contributed by atoms with Gasteiger partial charge in [-0.2, -0.15) is 13.2 Å². The number of rotatable bonds is 6. The molecule has 0 spiro atoms. The van der Waals surface area contributed by atoms with Crippen LogP contribution in [-0.4, -0.2) is 17.1 Å². The van der Waals surface area contributed by atoms with Gasteiger partial charge in [0.25, 0.3) is 0 Å². The highest BCUT2D eigenvalue weighted by Gasteiger charge is 2.34. The maximum absolute atomic E-state index is 13.1. The highest BCUT2D eigenvalue weighted by Crippen LogP contribution is 2.37. The normalized spacial score (nSPS) is 11.4. The van der Waals surface area contributed by atoms with E-state index < -0.39 is 16.8 Å². The van der Waals surface area contributed by atoms with Gasteiger partial charge in [-0.05, 0) is 23.8 Å². The van der Waals surface area contributed by atoms with E-state index in [0.717, 1.165) is 35.5 Å². The number of thiazole rings is 1. The van der Waals surface area contributed by atoms with Crippen LogP contribution in [0.3, 0.4) is 0 Å². The molecule has 142 valence electrons. The standard InChI is InChI=1S/C17H13ClF3N3OS2/c1-25-12-4-2-11(3-5-12)8-24(15-9-26-10-23-15)27-16-6-13(17(19,20)21)14(18)7-22-16/h2-7,9-10H,8H2,1H3. The molecule has 1 aromatic carbocycles. The summed E-state index contributed by atoms with van der Waals surface area (Å²) in [7, 11) is 1.58. The Morgan fingerprint density at radius 3 is 2.56 bits per heavy atom. The summed E-state index contributed by atoms with van der Waals surface area (Å²) in [6.07, 6.45) is -3.53. The van der Waals surface area contributed by atoms with Crippen molar-refractivity contribution in [2.24, 2.45) is 0 Å². The highest BCUT2D eigenvalue weighted by molar-refractivity contribution is 8.00. The van der Waals surface area contributed by atoms with Gasteiger partial charge in [-0.3, -0.25) is 4.31 Å². The lowest BCUT2D eigenvalue weighted by atomic mass is 10.2. The van der Waals surface area contributed by atoms with Crippen LogP contribution in [0.1, 0.15) is 11.1 Å². The minimum absolute atomic E-state index is 0.174. The molecule has 0 unspecified atom stereocenters. The van der Waals surface area contributed by atoms with Crippen molar-refractivity contribution in [3.63, 3.8) is 0 Å². The van der Waals surface area contributed by atoms with Crippen LogP contribution in [0.5, 0.6) is 5.75 Å². The van der Waals surface area contributed by atoms with E-state index in [9.17, 15) is 13.2 Å². The van der Waals surface area contributed by atoms with Crippen molar-refractivity contribution in [3.05, 3.63) is 63.6 Å². The molecule has 0 bridgehead atoms. The number of benzene rings is 1. The van der Waals surface area contributed by atoms with Gasteiger partial charge in [0.05, 0.1) is 29.8 Å². The predicted molar refractivity (Wildman–Crippen MR) is 101 cm³/mol. The van der Waals surface area contributed by atoms with Gasteiger partial charge in [0.15, 0.2) is 0 Å². The van der Waals surface area contributed by atoms with Crippen molar-refractivity contribution in [2.75, 3.05) is 11.4 Å². The van der Waals surface area contributed by atoms with E-state index in [4.69, 9.17) is 16.3 Å². The number of anilines is 1. The monoisotopic (exact) mass is 431 g/mol. The molecule has 0 aliphatic carbocycles. The van der Waals surface area contributed by atoms with E-state index in [1.165, 1.54) is 11.3 Å². The van der Waals surface area contributed by atoms with E-state index in [1.807, 2.05) is 29.6 Å². The molecule has 4 nitrogen and oxygen atoms in total. The van der Waals surface area contributed by atoms with E-state index in [-0.39, 0.29) is 5.03 Å². The number of nitrogens with zero attached hydrogens (tertiary/aromatic N) is 3. The predicted octanol–water partition coefficient (Wildman–Crippen LogP) is 5.93. The van der Waals surface area contributed by atoms with Gasteiger partial charge in [-0.15, -0.1) is 11.3 Å². The van der Waals surface area contributed by atoms with Crippen molar-refractivity contribution in [1.82, 2.24) is 9.97 Å². The van der Waals surface area contributed by atoms with Gasteiger partial charge in [-0.1, -0.05) is 23.7 Å². The number of alkyl halides is 3. The molecule has 3 aromatic rings. The largest absolute Gasteiger partial charge is 0.497 e. The maximum atomic E-state index is 13.1. The Balaban J connectivity index is 1.86. The fourth-order valence-corrected chi connectivity index (χ4v) is 3.91. The molecule has 0 N–H and O–H groups in total. The van der Waals surface area contributed by atoms with Gasteiger partial charge in [0.1, 0.15) is 16.6 Å². The van der Waals surface area contributed by atoms with Crippen molar-refractivity contribution < 1.29 is 17.9 Å². The first-order valence-electron chi connectivity index (χ1n) is 7.56. The number of ether oxygens (including phenoxy) is 1. The molecule has 0 saturated heterocycles. The lowest BCUT2D eigenvalue weighted by Gasteiger charge is -2.21. The zero-order chi connectivity index (χ0) is 19.4. The summed E-state index contributed by atoms with van der Waals surface area (Å²) in [5, 5.41) is 1.56. The van der Waals surface area contributed by atoms with Crippen LogP contribution in [0, 0.1) is 0 Å². The average Bonchev–Trinajstić information content (AvgIpc) is 3.17. The van der Waals surface area contributed by atoms with E-state index >= 15 is 0 Å². The summed E-state index contributed by atoms with van der Waals surface area (Å²) in [4.78, 5) is 8.27. The van der Waals surface area contributed by atoms with Crippen molar-refractivity contribution in [3.8, 4) is 5.75 Å². The number of halogens is 4. The summed E-state index contributed by atoms with van der Waals surface area (Å²) in [6.45, 7) is 0.421. The third-order valence-corrected chi connectivity index (χ3v) is 5.32. The first kappa shape index (κ1) is 19.8. The van der Waals surface area contributed by atoms with E-state index in [2.05, 4.69) is 9.97 Å². The molecular formula is C17H13ClF3N3OS2. The number of hydrogen-bond acceptors (Lipinski definition) is 6. The second-order valence-electron chi connectivity index (χ2n) is 5.32. The Hall–Kier alpha value is -1.97. The molecule has 0 amide bonds. The third-order valence-electron chi connectivity index (χ3n) is 3.50. The van der Waals surface area contributed by atoms with Crippen molar-refractivity contribution in [2.45, 2.75) is 17.7 Å². The van der Waals surface area contributed by atoms with Gasteiger partial charge in [0, 0.05) is 23.5 Å². The van der Waals surface area contributed by atoms with Gasteiger partial charge in [0.2, 0.25) is 0 Å². The van der Waals surface area contributed by atoms with Crippen molar-refractivity contribution in [1.29, 1.82) is 0 Å². The summed E-state index contributed by atoms with van der Waals surface area (Å²) in [5.74, 6) is 1.35. The topological polar surface area (TPSA) is 38.2 Å². The number of methoxy groups -OCH3 is 1. The second-order valence-corrected chi connectivity index (χ2v) is 7.49. The molecular weight excluding hydrogens is 419 g/mol. The van der Waals surface area contributed by atoms with Crippen LogP contribution in [0.2, 0.25) is 5.02 Å². The zero-order valence-corrected chi connectivity index (χ0v) is 16.3. The molecule has 0 fully saturated rings. The number of aromatic nitrogens is 2. The van der Waals surface area contributed by atoms with Gasteiger partial charge < -0.3 is 4.74 Å². The van der Waals surface area contributed by atoms with Crippen LogP contribution in [-0.2, 0) is 12.7 Å². The molecule has 0 radical (unpaired) electrons. The molecule has 0 aliphatic rings. The Labute approximate surface area is 167 Å². The Kier molecular flexibility index (Phi) is 6.13. The molecule has 2 aromatic heterocycles. The lowest BCUT2D eigenvalue weighted by Crippen LogP contribution is -2.15. The minimum atomic E-state index is -4.54. The zero-order valence-electron chi connectivity index (χ0n) is 13.9. The molecule has 0 saturated carbocycles. The summed E-state index contributed by atoms with van der Waals surface area (Å²) < 4.78 is 46.2. The van der Waals surface area contributed by atoms with Gasteiger partial charge >= 0.3 is 6.18 Å². The van der Waals surface area contributed by atoms with Crippen LogP contribution < -0.4 is 9.04 Å². The first-order valence-corrected chi connectivity index (χ1v) is 9.65. The molecule has 2 heterocycles. The second kappa shape index (κ2) is 8.37. The third kappa shape index (κ3) is 5.06. The number of hydrogen-bond donors (Lipinski definition) is 0. The van der Waals surface area contributed by atoms with Crippen LogP contribution >= 0.6 is 34.9 Å². The van der Waals surface area contributed by atoms with E-state index in [0.29, 0.717) is 12.4 Å². The first-order chi connectivity index (χ1) is 12.9. The molecule has 27 heavy (non-hydrogen) atoms. The Morgan fingerprint density at radius 2 is 1.96 bits per heavy atom. The van der Waals surface area contributed by atoms with E-state index in [1.54, 1.807) is 16.9 Å². The Bertz CT molecular complexity index is 889.